The number of hydrogen-bond donors (Lipinski definition) is 1. The number of nitro groups is 1. The Morgan fingerprint density at radius 3 is 2.83 bits per heavy atom. The van der Waals surface area contributed by atoms with Gasteiger partial charge in [0.2, 0.25) is 0 Å². The van der Waals surface area contributed by atoms with Gasteiger partial charge >= 0.3 is 11.2 Å². The van der Waals surface area contributed by atoms with E-state index in [1.54, 1.807) is 24.5 Å². The highest BCUT2D eigenvalue weighted by molar-refractivity contribution is 5.67. The van der Waals surface area contributed by atoms with Crippen LogP contribution in [-0.2, 0) is 6.42 Å². The summed E-state index contributed by atoms with van der Waals surface area (Å²) in [7, 11) is 0. The van der Waals surface area contributed by atoms with Gasteiger partial charge in [0.1, 0.15) is 0 Å². The van der Waals surface area contributed by atoms with E-state index in [2.05, 4.69) is 9.97 Å². The molecule has 0 bridgehead atoms. The fourth-order valence-corrected chi connectivity index (χ4v) is 1.75. The predicted molar refractivity (Wildman–Crippen MR) is 66.3 cm³/mol. The van der Waals surface area contributed by atoms with Crippen molar-refractivity contribution in [1.29, 1.82) is 0 Å². The highest BCUT2D eigenvalue weighted by Crippen LogP contribution is 2.23. The first-order chi connectivity index (χ1) is 8.63. The van der Waals surface area contributed by atoms with E-state index in [1.165, 1.54) is 6.07 Å². The van der Waals surface area contributed by atoms with Crippen LogP contribution in [0.4, 0.5) is 5.69 Å². The molecule has 1 N–H and O–H groups in total. The first-order valence-corrected chi connectivity index (χ1v) is 5.44. The van der Waals surface area contributed by atoms with Crippen LogP contribution in [0.5, 0.6) is 0 Å². The van der Waals surface area contributed by atoms with Crippen molar-refractivity contribution in [2.75, 3.05) is 0 Å². The lowest BCUT2D eigenvalue weighted by atomic mass is 10.0. The van der Waals surface area contributed by atoms with Gasteiger partial charge in [0.25, 0.3) is 0 Å². The molecule has 2 rings (SSSR count). The standard InChI is InChI=1S/C12H11N3O3/c1-2-10-9(8-4-3-5-13-7-8)6-11(15(17)18)12(16)14-10/h3-7H,2H2,1H3,(H,14,16). The van der Waals surface area contributed by atoms with Gasteiger partial charge in [-0.15, -0.1) is 0 Å². The van der Waals surface area contributed by atoms with E-state index in [9.17, 15) is 14.9 Å². The van der Waals surface area contributed by atoms with Crippen molar-refractivity contribution in [3.05, 3.63) is 56.8 Å². The molecule has 92 valence electrons. The SMILES string of the molecule is CCc1[nH]c(=O)c([N+](=O)[O-])cc1-c1cccnc1. The molecule has 0 aromatic carbocycles. The summed E-state index contributed by atoms with van der Waals surface area (Å²) in [5.74, 6) is 0. The third-order valence-electron chi connectivity index (χ3n) is 2.63. The number of rotatable bonds is 3. The maximum absolute atomic E-state index is 11.5. The van der Waals surface area contributed by atoms with Gasteiger partial charge in [-0.05, 0) is 12.5 Å². The van der Waals surface area contributed by atoms with Crippen LogP contribution >= 0.6 is 0 Å². The predicted octanol–water partition coefficient (Wildman–Crippen LogP) is 1.91. The number of pyridine rings is 2. The number of aromatic nitrogens is 2. The second kappa shape index (κ2) is 4.79. The molecule has 0 radical (unpaired) electrons. The van der Waals surface area contributed by atoms with Crippen LogP contribution in [0.15, 0.2) is 35.4 Å². The molecule has 0 spiro atoms. The number of H-pyrrole nitrogens is 1. The van der Waals surface area contributed by atoms with E-state index in [0.717, 1.165) is 5.56 Å². The summed E-state index contributed by atoms with van der Waals surface area (Å²) < 4.78 is 0. The summed E-state index contributed by atoms with van der Waals surface area (Å²) in [4.78, 5) is 28.1. The summed E-state index contributed by atoms with van der Waals surface area (Å²) in [5.41, 5.74) is 0.916. The minimum Gasteiger partial charge on any atom is -0.320 e. The Kier molecular flexibility index (Phi) is 3.18. The second-order valence-corrected chi connectivity index (χ2v) is 3.73. The average Bonchev–Trinajstić information content (AvgIpc) is 2.39. The first-order valence-electron chi connectivity index (χ1n) is 5.44. The van der Waals surface area contributed by atoms with Crippen molar-refractivity contribution < 1.29 is 4.92 Å². The Labute approximate surface area is 102 Å². The average molecular weight is 245 g/mol. The zero-order valence-electron chi connectivity index (χ0n) is 9.71. The van der Waals surface area contributed by atoms with E-state index in [-0.39, 0.29) is 0 Å². The lowest BCUT2D eigenvalue weighted by Crippen LogP contribution is -2.14. The maximum Gasteiger partial charge on any atom is 0.334 e. The van der Waals surface area contributed by atoms with Crippen molar-refractivity contribution in [3.8, 4) is 11.1 Å². The van der Waals surface area contributed by atoms with Crippen LogP contribution in [0.25, 0.3) is 11.1 Å². The summed E-state index contributed by atoms with van der Waals surface area (Å²) in [6.07, 6.45) is 3.81. The lowest BCUT2D eigenvalue weighted by molar-refractivity contribution is -0.386. The third kappa shape index (κ3) is 2.13. The molecule has 6 heteroatoms. The second-order valence-electron chi connectivity index (χ2n) is 3.73. The topological polar surface area (TPSA) is 88.9 Å². The molecule has 0 aliphatic carbocycles. The fraction of sp³-hybridized carbons (Fsp3) is 0.167. The van der Waals surface area contributed by atoms with E-state index >= 15 is 0 Å². The molecular formula is C12H11N3O3. The zero-order chi connectivity index (χ0) is 13.1. The highest BCUT2D eigenvalue weighted by atomic mass is 16.6. The minimum atomic E-state index is -0.682. The van der Waals surface area contributed by atoms with E-state index in [0.29, 0.717) is 17.7 Å². The molecule has 2 aromatic rings. The van der Waals surface area contributed by atoms with Crippen molar-refractivity contribution >= 4 is 5.69 Å². The summed E-state index contributed by atoms with van der Waals surface area (Å²) in [5, 5.41) is 10.8. The van der Waals surface area contributed by atoms with Crippen molar-refractivity contribution in [1.82, 2.24) is 9.97 Å². The molecule has 0 atom stereocenters. The monoisotopic (exact) mass is 245 g/mol. The van der Waals surface area contributed by atoms with Crippen LogP contribution in [0.1, 0.15) is 12.6 Å². The smallest absolute Gasteiger partial charge is 0.320 e. The Balaban J connectivity index is 2.69. The van der Waals surface area contributed by atoms with Gasteiger partial charge in [0.05, 0.1) is 4.92 Å². The molecule has 18 heavy (non-hydrogen) atoms. The zero-order valence-corrected chi connectivity index (χ0v) is 9.71. The fourth-order valence-electron chi connectivity index (χ4n) is 1.75. The van der Waals surface area contributed by atoms with Gasteiger partial charge in [-0.25, -0.2) is 0 Å². The molecule has 0 fully saturated rings. The number of nitrogens with one attached hydrogen (secondary N) is 1. The highest BCUT2D eigenvalue weighted by Gasteiger charge is 2.17. The molecule has 0 unspecified atom stereocenters. The van der Waals surface area contributed by atoms with E-state index in [1.807, 2.05) is 6.92 Å². The molecule has 0 saturated heterocycles. The van der Waals surface area contributed by atoms with Gasteiger partial charge in [-0.3, -0.25) is 19.9 Å². The molecule has 0 amide bonds. The van der Waals surface area contributed by atoms with Crippen molar-refractivity contribution in [3.63, 3.8) is 0 Å². The lowest BCUT2D eigenvalue weighted by Gasteiger charge is -2.06. The van der Waals surface area contributed by atoms with Gasteiger partial charge in [-0.2, -0.15) is 0 Å². The molecule has 2 heterocycles. The summed E-state index contributed by atoms with van der Waals surface area (Å²) in [6, 6.07) is 4.84. The van der Waals surface area contributed by atoms with Crippen LogP contribution in [0.3, 0.4) is 0 Å². The molecule has 0 aliphatic heterocycles. The largest absolute Gasteiger partial charge is 0.334 e. The quantitative estimate of drug-likeness (QED) is 0.660. The number of aryl methyl sites for hydroxylation is 1. The van der Waals surface area contributed by atoms with Crippen LogP contribution in [0.2, 0.25) is 0 Å². The van der Waals surface area contributed by atoms with Gasteiger partial charge in [0, 0.05) is 35.3 Å². The van der Waals surface area contributed by atoms with Crippen LogP contribution in [-0.4, -0.2) is 14.9 Å². The molecule has 2 aromatic heterocycles. The van der Waals surface area contributed by atoms with Gasteiger partial charge < -0.3 is 4.98 Å². The van der Waals surface area contributed by atoms with E-state index in [4.69, 9.17) is 0 Å². The Morgan fingerprint density at radius 1 is 1.50 bits per heavy atom. The molecule has 6 nitrogen and oxygen atoms in total. The minimum absolute atomic E-state index is 0.453. The maximum atomic E-state index is 11.5. The summed E-state index contributed by atoms with van der Waals surface area (Å²) >= 11 is 0. The van der Waals surface area contributed by atoms with Gasteiger partial charge in [0.15, 0.2) is 0 Å². The summed E-state index contributed by atoms with van der Waals surface area (Å²) in [6.45, 7) is 1.87. The Morgan fingerprint density at radius 2 is 2.28 bits per heavy atom. The molecule has 0 aliphatic rings. The Hall–Kier alpha value is -2.50. The first kappa shape index (κ1) is 12.0. The Bertz CT molecular complexity index is 635. The van der Waals surface area contributed by atoms with Crippen LogP contribution in [0, 0.1) is 10.1 Å². The molecule has 0 saturated carbocycles. The third-order valence-corrected chi connectivity index (χ3v) is 2.63. The molecular weight excluding hydrogens is 234 g/mol. The number of nitrogens with zero attached hydrogens (tertiary/aromatic N) is 2. The normalized spacial score (nSPS) is 10.3. The van der Waals surface area contributed by atoms with Crippen LogP contribution < -0.4 is 5.56 Å². The van der Waals surface area contributed by atoms with Crippen molar-refractivity contribution in [2.24, 2.45) is 0 Å². The van der Waals surface area contributed by atoms with E-state index < -0.39 is 16.2 Å². The van der Waals surface area contributed by atoms with Crippen molar-refractivity contribution in [2.45, 2.75) is 13.3 Å². The van der Waals surface area contributed by atoms with Gasteiger partial charge in [-0.1, -0.05) is 13.0 Å². The number of hydrogen-bond acceptors (Lipinski definition) is 4. The number of aromatic amines is 1.